The van der Waals surface area contributed by atoms with Crippen molar-refractivity contribution in [2.24, 2.45) is 0 Å². The Hall–Kier alpha value is -0.660. The first-order chi connectivity index (χ1) is 9.49. The van der Waals surface area contributed by atoms with E-state index < -0.39 is 16.0 Å². The lowest BCUT2D eigenvalue weighted by atomic mass is 10.1. The summed E-state index contributed by atoms with van der Waals surface area (Å²) in [6.07, 6.45) is 4.51. The molecule has 2 aliphatic heterocycles. The second kappa shape index (κ2) is 6.87. The highest BCUT2D eigenvalue weighted by molar-refractivity contribution is 7.89. The Bertz CT molecular complexity index is 432. The van der Waals surface area contributed by atoms with Crippen LogP contribution in [0.25, 0.3) is 0 Å². The summed E-state index contributed by atoms with van der Waals surface area (Å²) < 4.78 is 26.1. The topological polar surface area (TPSA) is 77.9 Å². The van der Waals surface area contributed by atoms with E-state index in [2.05, 4.69) is 4.90 Å². The van der Waals surface area contributed by atoms with E-state index in [1.807, 2.05) is 0 Å². The smallest absolute Gasteiger partial charge is 0.303 e. The van der Waals surface area contributed by atoms with Gasteiger partial charge in [0.05, 0.1) is 5.75 Å². The maximum absolute atomic E-state index is 12.2. The summed E-state index contributed by atoms with van der Waals surface area (Å²) in [5.74, 6) is -0.986. The zero-order valence-corrected chi connectivity index (χ0v) is 12.6. The molecule has 1 N–H and O–H groups in total. The van der Waals surface area contributed by atoms with Crippen LogP contribution in [-0.2, 0) is 14.8 Å². The van der Waals surface area contributed by atoms with Crippen LogP contribution >= 0.6 is 0 Å². The number of hydrogen-bond acceptors (Lipinski definition) is 4. The lowest BCUT2D eigenvalue weighted by Gasteiger charge is -2.36. The number of likely N-dealkylation sites (tertiary alicyclic amines) is 1. The lowest BCUT2D eigenvalue weighted by molar-refractivity contribution is -0.137. The molecule has 2 saturated heterocycles. The Morgan fingerprint density at radius 1 is 1.15 bits per heavy atom. The van der Waals surface area contributed by atoms with Gasteiger partial charge in [0.1, 0.15) is 0 Å². The quantitative estimate of drug-likeness (QED) is 0.783. The monoisotopic (exact) mass is 304 g/mol. The standard InChI is InChI=1S/C13H24N2O4S/c16-13(17)6-4-10-20(18,19)15-9-3-5-12(11-15)14-7-1-2-8-14/h12H,1-11H2,(H,16,17). The Morgan fingerprint density at radius 2 is 1.85 bits per heavy atom. The molecule has 0 aromatic carbocycles. The number of aliphatic carboxylic acids is 1. The molecule has 2 rings (SSSR count). The van der Waals surface area contributed by atoms with Crippen molar-refractivity contribution in [1.82, 2.24) is 9.21 Å². The first-order valence-electron chi connectivity index (χ1n) is 7.43. The van der Waals surface area contributed by atoms with Crippen LogP contribution in [0.1, 0.15) is 38.5 Å². The fourth-order valence-corrected chi connectivity index (χ4v) is 4.69. The molecular weight excluding hydrogens is 280 g/mol. The molecule has 2 fully saturated rings. The normalized spacial score (nSPS) is 25.9. The molecule has 116 valence electrons. The van der Waals surface area contributed by atoms with Gasteiger partial charge in [0.15, 0.2) is 0 Å². The summed E-state index contributed by atoms with van der Waals surface area (Å²) in [4.78, 5) is 12.9. The molecular formula is C13H24N2O4S. The van der Waals surface area contributed by atoms with E-state index in [0.717, 1.165) is 25.9 Å². The molecule has 0 aromatic heterocycles. The van der Waals surface area contributed by atoms with E-state index in [4.69, 9.17) is 5.11 Å². The average molecular weight is 304 g/mol. The summed E-state index contributed by atoms with van der Waals surface area (Å²) in [6.45, 7) is 3.32. The van der Waals surface area contributed by atoms with Crippen LogP contribution in [0.3, 0.4) is 0 Å². The van der Waals surface area contributed by atoms with E-state index in [1.165, 1.54) is 12.8 Å². The second-order valence-corrected chi connectivity index (χ2v) is 7.80. The summed E-state index contributed by atoms with van der Waals surface area (Å²) in [6, 6.07) is 0.348. The van der Waals surface area contributed by atoms with E-state index in [9.17, 15) is 13.2 Å². The minimum Gasteiger partial charge on any atom is -0.481 e. The van der Waals surface area contributed by atoms with Gasteiger partial charge in [-0.25, -0.2) is 12.7 Å². The number of carboxylic acids is 1. The molecule has 20 heavy (non-hydrogen) atoms. The molecule has 0 spiro atoms. The van der Waals surface area contributed by atoms with Crippen molar-refractivity contribution < 1.29 is 18.3 Å². The van der Waals surface area contributed by atoms with Gasteiger partial charge in [-0.3, -0.25) is 9.69 Å². The molecule has 1 atom stereocenters. The number of nitrogens with zero attached hydrogens (tertiary/aromatic N) is 2. The number of carbonyl (C=O) groups is 1. The van der Waals surface area contributed by atoms with Crippen molar-refractivity contribution in [2.75, 3.05) is 31.9 Å². The zero-order valence-electron chi connectivity index (χ0n) is 11.8. The molecule has 0 aliphatic carbocycles. The molecule has 0 bridgehead atoms. The Labute approximate surface area is 120 Å². The van der Waals surface area contributed by atoms with Crippen molar-refractivity contribution >= 4 is 16.0 Å². The molecule has 2 aliphatic rings. The van der Waals surface area contributed by atoms with Crippen molar-refractivity contribution in [1.29, 1.82) is 0 Å². The predicted molar refractivity (Wildman–Crippen MR) is 76.1 cm³/mol. The van der Waals surface area contributed by atoms with E-state index >= 15 is 0 Å². The minimum atomic E-state index is -3.30. The third kappa shape index (κ3) is 4.17. The van der Waals surface area contributed by atoms with Crippen LogP contribution in [0.5, 0.6) is 0 Å². The summed E-state index contributed by atoms with van der Waals surface area (Å²) in [7, 11) is -3.30. The Balaban J connectivity index is 1.88. The number of rotatable bonds is 6. The van der Waals surface area contributed by atoms with Crippen molar-refractivity contribution in [2.45, 2.75) is 44.6 Å². The molecule has 0 radical (unpaired) electrons. The first kappa shape index (κ1) is 15.7. The summed E-state index contributed by atoms with van der Waals surface area (Å²) in [5, 5.41) is 8.59. The SMILES string of the molecule is O=C(O)CCCS(=O)(=O)N1CCCC(N2CCCC2)C1. The second-order valence-electron chi connectivity index (χ2n) is 5.71. The summed E-state index contributed by atoms with van der Waals surface area (Å²) in [5.41, 5.74) is 0. The maximum atomic E-state index is 12.2. The van der Waals surface area contributed by atoms with Crippen molar-refractivity contribution in [3.63, 3.8) is 0 Å². The van der Waals surface area contributed by atoms with Crippen LogP contribution < -0.4 is 0 Å². The fraction of sp³-hybridized carbons (Fsp3) is 0.923. The molecule has 2 heterocycles. The highest BCUT2D eigenvalue weighted by atomic mass is 32.2. The van der Waals surface area contributed by atoms with Gasteiger partial charge >= 0.3 is 5.97 Å². The van der Waals surface area contributed by atoms with E-state index in [-0.39, 0.29) is 18.6 Å². The Morgan fingerprint density at radius 3 is 2.50 bits per heavy atom. The van der Waals surface area contributed by atoms with Gasteiger partial charge in [-0.15, -0.1) is 0 Å². The largest absolute Gasteiger partial charge is 0.481 e. The van der Waals surface area contributed by atoms with Crippen LogP contribution in [0.4, 0.5) is 0 Å². The third-order valence-corrected chi connectivity index (χ3v) is 6.13. The van der Waals surface area contributed by atoms with Gasteiger partial charge in [-0.05, 0) is 45.2 Å². The highest BCUT2D eigenvalue weighted by Crippen LogP contribution is 2.22. The molecule has 0 aromatic rings. The molecule has 7 heteroatoms. The number of hydrogen-bond donors (Lipinski definition) is 1. The van der Waals surface area contributed by atoms with Crippen LogP contribution in [0.15, 0.2) is 0 Å². The Kier molecular flexibility index (Phi) is 5.40. The van der Waals surface area contributed by atoms with Crippen LogP contribution in [-0.4, -0.2) is 66.7 Å². The molecule has 0 amide bonds. The lowest BCUT2D eigenvalue weighted by Crippen LogP contribution is -2.49. The van der Waals surface area contributed by atoms with Gasteiger partial charge in [0, 0.05) is 25.6 Å². The van der Waals surface area contributed by atoms with Crippen molar-refractivity contribution in [3.8, 4) is 0 Å². The van der Waals surface area contributed by atoms with Crippen LogP contribution in [0.2, 0.25) is 0 Å². The molecule has 6 nitrogen and oxygen atoms in total. The average Bonchev–Trinajstić information content (AvgIpc) is 2.92. The van der Waals surface area contributed by atoms with Gasteiger partial charge in [0.2, 0.25) is 10.0 Å². The van der Waals surface area contributed by atoms with Gasteiger partial charge in [-0.1, -0.05) is 0 Å². The highest BCUT2D eigenvalue weighted by Gasteiger charge is 2.32. The number of piperidine rings is 1. The first-order valence-corrected chi connectivity index (χ1v) is 9.03. The number of carboxylic acid groups (broad SMARTS) is 1. The van der Waals surface area contributed by atoms with E-state index in [1.54, 1.807) is 4.31 Å². The fourth-order valence-electron chi connectivity index (χ4n) is 3.11. The van der Waals surface area contributed by atoms with Crippen molar-refractivity contribution in [3.05, 3.63) is 0 Å². The van der Waals surface area contributed by atoms with Gasteiger partial charge in [-0.2, -0.15) is 0 Å². The molecule has 0 saturated carbocycles. The summed E-state index contributed by atoms with van der Waals surface area (Å²) >= 11 is 0. The zero-order chi connectivity index (χ0) is 14.6. The third-order valence-electron chi connectivity index (χ3n) is 4.20. The van der Waals surface area contributed by atoms with Crippen LogP contribution in [0, 0.1) is 0 Å². The molecule has 1 unspecified atom stereocenters. The minimum absolute atomic E-state index is 0.0496. The van der Waals surface area contributed by atoms with Gasteiger partial charge in [0.25, 0.3) is 0 Å². The number of sulfonamides is 1. The maximum Gasteiger partial charge on any atom is 0.303 e. The van der Waals surface area contributed by atoms with Gasteiger partial charge < -0.3 is 5.11 Å². The van der Waals surface area contributed by atoms with E-state index in [0.29, 0.717) is 19.1 Å². The predicted octanol–water partition coefficient (Wildman–Crippen LogP) is 0.741.